The maximum atomic E-state index is 16.0. The fourth-order valence-corrected chi connectivity index (χ4v) is 18.8. The largest absolute Gasteiger partial charge is 0.432 e. The molecule has 0 aromatic carbocycles. The van der Waals surface area contributed by atoms with Crippen LogP contribution in [0.25, 0.3) is 0 Å². The molecule has 11 aliphatic rings. The summed E-state index contributed by atoms with van der Waals surface area (Å²) in [5, 5.41) is 179. The summed E-state index contributed by atoms with van der Waals surface area (Å²) in [7, 11) is 0. The van der Waals surface area contributed by atoms with Gasteiger partial charge in [0.25, 0.3) is 0 Å². The van der Waals surface area contributed by atoms with Crippen LogP contribution < -0.4 is 0 Å². The highest BCUT2D eigenvalue weighted by Gasteiger charge is 2.73. The van der Waals surface area contributed by atoms with Gasteiger partial charge in [0.15, 0.2) is 37.6 Å². The summed E-state index contributed by atoms with van der Waals surface area (Å²) in [5.74, 6) is -1.59. The number of aldehydes is 1. The molecule has 6 aliphatic heterocycles. The van der Waals surface area contributed by atoms with Crippen LogP contribution >= 0.6 is 0 Å². The van der Waals surface area contributed by atoms with Crippen LogP contribution in [-0.4, -0.2) is 298 Å². The summed E-state index contributed by atoms with van der Waals surface area (Å²) in [6.45, 7) is 15.2. The van der Waals surface area contributed by atoms with Crippen molar-refractivity contribution in [2.24, 2.45) is 50.2 Å². The van der Waals surface area contributed by atoms with Crippen molar-refractivity contribution in [3.63, 3.8) is 0 Å². The summed E-state index contributed by atoms with van der Waals surface area (Å²) in [5.41, 5.74) is -3.54. The van der Waals surface area contributed by atoms with Gasteiger partial charge < -0.3 is 143 Å². The SMILES string of the molecule is CC1OC(OC2C(C)OC(OC(=O)[C@]34CCC(C)(C)CC3C3=CCC5[C@@]6(C)CC[C@H](O)CC6[C@@](C)(C=O)C[C@@]5(C)[C@]3(C)C[C@H]4O)C(OC3OC(C)C(OC4OCC(O)C(OC5OC(CO)C(O)C(O)C5O)C4O)C(O)C3O)C2O)C(O)C(OC2OCC(O)C(O)C2O)C1O. The van der Waals surface area contributed by atoms with Gasteiger partial charge in [0, 0.05) is 5.41 Å². The number of aliphatic hydroxyl groups is 16. The van der Waals surface area contributed by atoms with E-state index in [0.29, 0.717) is 44.9 Å². The lowest BCUT2D eigenvalue weighted by molar-refractivity contribution is -0.392. The molecule has 0 aromatic heterocycles. The summed E-state index contributed by atoms with van der Waals surface area (Å²) in [6.07, 6.45) is -43.2. The molecule has 11 rings (SSSR count). The Balaban J connectivity index is 0.874. The molecule has 94 heavy (non-hydrogen) atoms. The molecule has 0 spiro atoms. The Bertz CT molecular complexity index is 2690. The number of carbonyl (C=O) groups is 2. The fourth-order valence-electron chi connectivity index (χ4n) is 18.8. The van der Waals surface area contributed by atoms with E-state index in [9.17, 15) is 86.5 Å². The lowest BCUT2D eigenvalue weighted by Gasteiger charge is -2.72. The first-order valence-electron chi connectivity index (χ1n) is 33.3. The average molecular weight is 1350 g/mol. The lowest BCUT2D eigenvalue weighted by atomic mass is 9.32. The summed E-state index contributed by atoms with van der Waals surface area (Å²) in [6, 6.07) is 0. The Morgan fingerprint density at radius 2 is 1.09 bits per heavy atom. The van der Waals surface area contributed by atoms with Crippen molar-refractivity contribution in [2.75, 3.05) is 19.8 Å². The first-order valence-corrected chi connectivity index (χ1v) is 33.3. The topological polar surface area (TPSA) is 469 Å². The third kappa shape index (κ3) is 12.3. The van der Waals surface area contributed by atoms with Crippen molar-refractivity contribution in [3.8, 4) is 0 Å². The number of fused-ring (bicyclic) bond motifs is 7. The average Bonchev–Trinajstić information content (AvgIpc) is 0.668. The second kappa shape index (κ2) is 27.0. The van der Waals surface area contributed by atoms with Gasteiger partial charge in [-0.25, -0.2) is 0 Å². The van der Waals surface area contributed by atoms with Gasteiger partial charge in [-0.1, -0.05) is 53.2 Å². The molecule has 10 fully saturated rings. The third-order valence-corrected chi connectivity index (χ3v) is 24.4. The number of esters is 1. The second-order valence-electron chi connectivity index (χ2n) is 30.9. The number of ether oxygens (including phenoxy) is 12. The van der Waals surface area contributed by atoms with Crippen molar-refractivity contribution < 1.29 is 148 Å². The lowest BCUT2D eigenvalue weighted by Crippen LogP contribution is -2.69. The molecule has 0 radical (unpaired) electrons. The predicted octanol–water partition coefficient (Wildman–Crippen LogP) is -3.88. The van der Waals surface area contributed by atoms with Crippen molar-refractivity contribution >= 4 is 12.3 Å². The van der Waals surface area contributed by atoms with Crippen LogP contribution in [0.5, 0.6) is 0 Å². The number of hydrogen-bond acceptors (Lipinski definition) is 30. The number of aliphatic hydroxyl groups excluding tert-OH is 16. The third-order valence-electron chi connectivity index (χ3n) is 24.4. The fraction of sp³-hybridized carbons (Fsp3) is 0.938. The Hall–Kier alpha value is -2.20. The van der Waals surface area contributed by atoms with E-state index >= 15 is 4.79 Å². The van der Waals surface area contributed by atoms with Gasteiger partial charge in [0.05, 0.1) is 50.3 Å². The Kier molecular flexibility index (Phi) is 20.9. The van der Waals surface area contributed by atoms with Gasteiger partial charge in [-0.2, -0.15) is 0 Å². The van der Waals surface area contributed by atoms with E-state index in [-0.39, 0.29) is 35.5 Å². The van der Waals surface area contributed by atoms with E-state index in [2.05, 4.69) is 40.7 Å². The maximum Gasteiger partial charge on any atom is 0.317 e. The van der Waals surface area contributed by atoms with Gasteiger partial charge in [0.1, 0.15) is 122 Å². The zero-order valence-corrected chi connectivity index (χ0v) is 54.6. The molecule has 5 aliphatic carbocycles. The first-order chi connectivity index (χ1) is 44.0. The van der Waals surface area contributed by atoms with E-state index in [1.807, 2.05) is 6.92 Å². The van der Waals surface area contributed by atoms with E-state index in [1.165, 1.54) is 20.8 Å². The van der Waals surface area contributed by atoms with Crippen LogP contribution in [0.4, 0.5) is 0 Å². The number of hydrogen-bond donors (Lipinski definition) is 16. The zero-order chi connectivity index (χ0) is 68.6. The van der Waals surface area contributed by atoms with Crippen molar-refractivity contribution in [3.05, 3.63) is 11.6 Å². The minimum atomic E-state index is -2.13. The zero-order valence-electron chi connectivity index (χ0n) is 54.6. The molecule has 31 unspecified atom stereocenters. The van der Waals surface area contributed by atoms with Crippen LogP contribution in [0.1, 0.15) is 120 Å². The minimum absolute atomic E-state index is 0.0468. The van der Waals surface area contributed by atoms with E-state index in [4.69, 9.17) is 56.8 Å². The summed E-state index contributed by atoms with van der Waals surface area (Å²) < 4.78 is 71.8. The Labute approximate surface area is 544 Å². The van der Waals surface area contributed by atoms with Crippen LogP contribution in [-0.2, 0) is 66.4 Å². The van der Waals surface area contributed by atoms with Gasteiger partial charge in [-0.15, -0.1) is 0 Å². The molecular weight excluding hydrogens is 1250 g/mol. The first kappa shape index (κ1) is 73.0. The molecule has 538 valence electrons. The van der Waals surface area contributed by atoms with Gasteiger partial charge >= 0.3 is 5.97 Å². The number of carbonyl (C=O) groups excluding carboxylic acids is 2. The normalized spacial score (nSPS) is 56.0. The molecule has 0 bridgehead atoms. The molecule has 4 saturated carbocycles. The molecule has 30 heteroatoms. The van der Waals surface area contributed by atoms with Gasteiger partial charge in [-0.3, -0.25) is 4.79 Å². The van der Waals surface area contributed by atoms with Crippen molar-refractivity contribution in [1.82, 2.24) is 0 Å². The van der Waals surface area contributed by atoms with Crippen molar-refractivity contribution in [1.29, 1.82) is 0 Å². The molecule has 30 nitrogen and oxygen atoms in total. The quantitative estimate of drug-likeness (QED) is 0.0449. The number of allylic oxidation sites excluding steroid dienone is 2. The van der Waals surface area contributed by atoms with Crippen LogP contribution in [0.15, 0.2) is 11.6 Å². The van der Waals surface area contributed by atoms with Gasteiger partial charge in [-0.05, 0) is 118 Å². The Morgan fingerprint density at radius 1 is 0.543 bits per heavy atom. The highest BCUT2D eigenvalue weighted by Crippen LogP contribution is 2.77. The van der Waals surface area contributed by atoms with Crippen LogP contribution in [0, 0.1) is 50.2 Å². The molecule has 6 heterocycles. The van der Waals surface area contributed by atoms with Crippen molar-refractivity contribution in [2.45, 2.75) is 304 Å². The molecule has 16 N–H and O–H groups in total. The predicted molar refractivity (Wildman–Crippen MR) is 314 cm³/mol. The molecule has 0 amide bonds. The monoisotopic (exact) mass is 1350 g/mol. The standard InChI is InChI=1S/C64H102O30/c1-24-36(71)50(92-52-41(76)37(72)30(68)20-83-52)46(81)56(85-24)90-48-26(3)87-57(51(44(48)79)93-54-43(78)40(75)47(25(2)86-54)89-53-45(80)49(31(69)21-84-53)91-55-42(77)39(74)38(73)32(19-65)88-55)94-58(82)64-15-14-59(4,5)17-29(64)28-10-11-33-61(7)13-12-27(67)16-34(61)60(6,23-66)22-63(33,9)62(28,8)18-35(64)70/h10,23-27,29-57,65,67-81H,11-22H2,1-9H3/t24?,25?,26?,27-,29?,30?,31?,32?,33?,34?,35+,36?,37?,38?,39?,40?,41?,42?,43?,44?,45?,46?,47?,48?,49?,50?,51?,52?,53?,54?,55?,56?,57?,60+,61+,62+,63+,64+/m0/s1. The summed E-state index contributed by atoms with van der Waals surface area (Å²) in [4.78, 5) is 29.5. The maximum absolute atomic E-state index is 16.0. The van der Waals surface area contributed by atoms with Crippen LogP contribution in [0.3, 0.4) is 0 Å². The highest BCUT2D eigenvalue weighted by molar-refractivity contribution is 5.80. The second-order valence-corrected chi connectivity index (χ2v) is 30.9. The molecule has 6 saturated heterocycles. The molecule has 0 aromatic rings. The van der Waals surface area contributed by atoms with E-state index < -0.39 is 238 Å². The smallest absolute Gasteiger partial charge is 0.317 e. The van der Waals surface area contributed by atoms with Crippen LogP contribution in [0.2, 0.25) is 0 Å². The van der Waals surface area contributed by atoms with E-state index in [1.54, 1.807) is 0 Å². The van der Waals surface area contributed by atoms with E-state index in [0.717, 1.165) is 11.9 Å². The Morgan fingerprint density at radius 3 is 1.76 bits per heavy atom. The number of rotatable bonds is 14. The minimum Gasteiger partial charge on any atom is -0.432 e. The molecule has 38 atom stereocenters. The summed E-state index contributed by atoms with van der Waals surface area (Å²) >= 11 is 0. The van der Waals surface area contributed by atoms with Gasteiger partial charge in [0.2, 0.25) is 6.29 Å². The molecular formula is C64H102O30. The highest BCUT2D eigenvalue weighted by atomic mass is 16.8.